The lowest BCUT2D eigenvalue weighted by molar-refractivity contribution is 1.13. The van der Waals surface area contributed by atoms with Gasteiger partial charge in [0.1, 0.15) is 11.6 Å². The Kier molecular flexibility index (Phi) is 1.85. The molecule has 0 aromatic carbocycles. The molecule has 0 aliphatic heterocycles. The van der Waals surface area contributed by atoms with Crippen molar-refractivity contribution >= 4 is 17.3 Å². The maximum atomic E-state index is 5.62. The highest BCUT2D eigenvalue weighted by molar-refractivity contribution is 5.66. The fourth-order valence-corrected chi connectivity index (χ4v) is 0.945. The van der Waals surface area contributed by atoms with Gasteiger partial charge >= 0.3 is 0 Å². The van der Waals surface area contributed by atoms with Crippen molar-refractivity contribution in [3.8, 4) is 0 Å². The van der Waals surface area contributed by atoms with E-state index in [4.69, 9.17) is 17.2 Å². The number of hydrogen-bond donors (Lipinski definition) is 3. The Labute approximate surface area is 65.4 Å². The summed E-state index contributed by atoms with van der Waals surface area (Å²) in [4.78, 5) is 3.81. The van der Waals surface area contributed by atoms with Crippen molar-refractivity contribution in [3.63, 3.8) is 0 Å². The van der Waals surface area contributed by atoms with Crippen molar-refractivity contribution in [1.82, 2.24) is 4.98 Å². The van der Waals surface area contributed by atoms with Gasteiger partial charge in [0.15, 0.2) is 0 Å². The summed E-state index contributed by atoms with van der Waals surface area (Å²) in [5.41, 5.74) is 18.1. The molecule has 0 aliphatic rings. The van der Waals surface area contributed by atoms with E-state index in [1.807, 2.05) is 6.92 Å². The summed E-state index contributed by atoms with van der Waals surface area (Å²) < 4.78 is 0. The molecule has 6 N–H and O–H groups in total. The van der Waals surface area contributed by atoms with Crippen LogP contribution in [0.15, 0.2) is 6.07 Å². The van der Waals surface area contributed by atoms with Crippen LogP contribution in [0.1, 0.15) is 12.5 Å². The number of anilines is 3. The van der Waals surface area contributed by atoms with Gasteiger partial charge in [0.05, 0.1) is 5.69 Å². The molecule has 0 radical (unpaired) electrons. The number of nitrogen functional groups attached to an aromatic ring is 3. The molecule has 0 unspecified atom stereocenters. The van der Waals surface area contributed by atoms with Crippen LogP contribution in [-0.2, 0) is 6.42 Å². The summed E-state index contributed by atoms with van der Waals surface area (Å²) in [6.07, 6.45) is 0.822. The minimum Gasteiger partial charge on any atom is -0.396 e. The lowest BCUT2D eigenvalue weighted by Gasteiger charge is -2.05. The second-order valence-electron chi connectivity index (χ2n) is 2.36. The van der Waals surface area contributed by atoms with Gasteiger partial charge in [0.2, 0.25) is 0 Å². The molecule has 1 aromatic rings. The maximum Gasteiger partial charge on any atom is 0.149 e. The quantitative estimate of drug-likeness (QED) is 0.543. The predicted octanol–water partition coefficient (Wildman–Crippen LogP) is 0.391. The van der Waals surface area contributed by atoms with E-state index in [2.05, 4.69) is 4.98 Å². The fraction of sp³-hybridized carbons (Fsp3) is 0.286. The van der Waals surface area contributed by atoms with Crippen LogP contribution in [0.25, 0.3) is 0 Å². The van der Waals surface area contributed by atoms with Gasteiger partial charge in [-0.3, -0.25) is 0 Å². The molecule has 0 spiro atoms. The van der Waals surface area contributed by atoms with E-state index in [0.29, 0.717) is 17.3 Å². The molecular weight excluding hydrogens is 140 g/mol. The average Bonchev–Trinajstić information content (AvgIpc) is 1.96. The predicted molar refractivity (Wildman–Crippen MR) is 46.9 cm³/mol. The molecule has 0 saturated carbocycles. The van der Waals surface area contributed by atoms with Crippen molar-refractivity contribution in [2.75, 3.05) is 17.2 Å². The summed E-state index contributed by atoms with van der Waals surface area (Å²) >= 11 is 0. The van der Waals surface area contributed by atoms with Crippen LogP contribution < -0.4 is 17.2 Å². The standard InChI is InChI=1S/C7H12N4/c1-2-4-3-5(8)11-7(10)6(4)9/h3H,2,9H2,1H3,(H4,8,10,11). The second-order valence-corrected chi connectivity index (χ2v) is 2.36. The minimum absolute atomic E-state index is 0.321. The summed E-state index contributed by atoms with van der Waals surface area (Å²) in [7, 11) is 0. The van der Waals surface area contributed by atoms with E-state index < -0.39 is 0 Å². The number of nitrogens with zero attached hydrogens (tertiary/aromatic N) is 1. The van der Waals surface area contributed by atoms with Gasteiger partial charge in [-0.2, -0.15) is 0 Å². The Morgan fingerprint density at radius 1 is 1.36 bits per heavy atom. The van der Waals surface area contributed by atoms with Crippen molar-refractivity contribution in [2.24, 2.45) is 0 Å². The van der Waals surface area contributed by atoms with Gasteiger partial charge in [0, 0.05) is 0 Å². The highest BCUT2D eigenvalue weighted by atomic mass is 14.9. The van der Waals surface area contributed by atoms with E-state index >= 15 is 0 Å². The Balaban J connectivity index is 3.24. The van der Waals surface area contributed by atoms with Crippen LogP contribution in [-0.4, -0.2) is 4.98 Å². The molecule has 60 valence electrons. The van der Waals surface area contributed by atoms with E-state index in [-0.39, 0.29) is 0 Å². The summed E-state index contributed by atoms with van der Waals surface area (Å²) in [5, 5.41) is 0. The molecule has 0 amide bonds. The highest BCUT2D eigenvalue weighted by Crippen LogP contribution is 2.20. The number of nitrogens with two attached hydrogens (primary N) is 3. The molecular formula is C7H12N4. The first-order chi connectivity index (χ1) is 5.15. The second kappa shape index (κ2) is 2.65. The van der Waals surface area contributed by atoms with Crippen molar-refractivity contribution in [3.05, 3.63) is 11.6 Å². The largest absolute Gasteiger partial charge is 0.396 e. The monoisotopic (exact) mass is 152 g/mol. The molecule has 1 aromatic heterocycles. The first-order valence-corrected chi connectivity index (χ1v) is 3.45. The van der Waals surface area contributed by atoms with Crippen LogP contribution in [0.5, 0.6) is 0 Å². The van der Waals surface area contributed by atoms with Crippen LogP contribution in [0.4, 0.5) is 17.3 Å². The smallest absolute Gasteiger partial charge is 0.149 e. The Morgan fingerprint density at radius 3 is 2.55 bits per heavy atom. The molecule has 0 fully saturated rings. The van der Waals surface area contributed by atoms with Crippen molar-refractivity contribution in [1.29, 1.82) is 0 Å². The fourth-order valence-electron chi connectivity index (χ4n) is 0.945. The highest BCUT2D eigenvalue weighted by Gasteiger charge is 2.02. The zero-order valence-corrected chi connectivity index (χ0v) is 6.46. The molecule has 11 heavy (non-hydrogen) atoms. The lowest BCUT2D eigenvalue weighted by Crippen LogP contribution is -2.04. The molecule has 1 heterocycles. The van der Waals surface area contributed by atoms with Crippen LogP contribution in [0.3, 0.4) is 0 Å². The SMILES string of the molecule is CCc1cc(N)nc(N)c1N. The average molecular weight is 152 g/mol. The number of aryl methyl sites for hydroxylation is 1. The van der Waals surface area contributed by atoms with Crippen molar-refractivity contribution < 1.29 is 0 Å². The van der Waals surface area contributed by atoms with E-state index in [1.54, 1.807) is 6.07 Å². The van der Waals surface area contributed by atoms with Gasteiger partial charge in [-0.05, 0) is 18.1 Å². The van der Waals surface area contributed by atoms with E-state index in [0.717, 1.165) is 12.0 Å². The molecule has 0 atom stereocenters. The third kappa shape index (κ3) is 1.34. The first-order valence-electron chi connectivity index (χ1n) is 3.45. The Morgan fingerprint density at radius 2 is 2.00 bits per heavy atom. The number of hydrogen-bond acceptors (Lipinski definition) is 4. The van der Waals surface area contributed by atoms with E-state index in [1.165, 1.54) is 0 Å². The summed E-state index contributed by atoms with van der Waals surface area (Å²) in [6.45, 7) is 1.99. The zero-order valence-electron chi connectivity index (χ0n) is 6.46. The van der Waals surface area contributed by atoms with Gasteiger partial charge in [0.25, 0.3) is 0 Å². The number of rotatable bonds is 1. The van der Waals surface area contributed by atoms with Gasteiger partial charge in [-0.25, -0.2) is 4.98 Å². The van der Waals surface area contributed by atoms with Gasteiger partial charge in [-0.1, -0.05) is 6.92 Å². The zero-order chi connectivity index (χ0) is 8.43. The molecule has 0 aliphatic carbocycles. The molecule has 0 bridgehead atoms. The summed E-state index contributed by atoms with van der Waals surface area (Å²) in [5.74, 6) is 0.746. The first kappa shape index (κ1) is 7.65. The van der Waals surface area contributed by atoms with Gasteiger partial charge in [-0.15, -0.1) is 0 Å². The van der Waals surface area contributed by atoms with Crippen LogP contribution in [0, 0.1) is 0 Å². The molecule has 4 nitrogen and oxygen atoms in total. The third-order valence-electron chi connectivity index (χ3n) is 1.57. The topological polar surface area (TPSA) is 90.9 Å². The Hall–Kier alpha value is -1.45. The lowest BCUT2D eigenvalue weighted by atomic mass is 10.1. The van der Waals surface area contributed by atoms with Crippen LogP contribution >= 0.6 is 0 Å². The molecule has 1 rings (SSSR count). The van der Waals surface area contributed by atoms with Crippen LogP contribution in [0.2, 0.25) is 0 Å². The number of pyridine rings is 1. The molecule has 0 saturated heterocycles. The molecule has 4 heteroatoms. The summed E-state index contributed by atoms with van der Waals surface area (Å²) in [6, 6.07) is 1.74. The number of aromatic nitrogens is 1. The van der Waals surface area contributed by atoms with Crippen molar-refractivity contribution in [2.45, 2.75) is 13.3 Å². The normalized spacial score (nSPS) is 9.91. The van der Waals surface area contributed by atoms with Gasteiger partial charge < -0.3 is 17.2 Å². The third-order valence-corrected chi connectivity index (χ3v) is 1.57. The van der Waals surface area contributed by atoms with E-state index in [9.17, 15) is 0 Å². The Bertz CT molecular complexity index is 269. The minimum atomic E-state index is 0.321. The maximum absolute atomic E-state index is 5.62.